The fourth-order valence-corrected chi connectivity index (χ4v) is 4.96. The molecular weight excluding hydrogens is 620 g/mol. The fourth-order valence-electron chi connectivity index (χ4n) is 3.87. The summed E-state index contributed by atoms with van der Waals surface area (Å²) in [7, 11) is -1.68. The maximum Gasteiger partial charge on any atom is 0.287 e. The van der Waals surface area contributed by atoms with E-state index in [-0.39, 0.29) is 23.0 Å². The van der Waals surface area contributed by atoms with Gasteiger partial charge in [0, 0.05) is 37.5 Å². The first-order valence-corrected chi connectivity index (χ1v) is 18.2. The molecule has 1 N–H and O–H groups in total. The van der Waals surface area contributed by atoms with Gasteiger partial charge in [0.2, 0.25) is 11.8 Å². The number of aliphatic hydroxyl groups excluding tert-OH is 1. The van der Waals surface area contributed by atoms with E-state index in [1.165, 1.54) is 36.0 Å². The van der Waals surface area contributed by atoms with E-state index in [0.717, 1.165) is 44.1 Å². The predicted molar refractivity (Wildman–Crippen MR) is 182 cm³/mol. The summed E-state index contributed by atoms with van der Waals surface area (Å²) in [6.07, 6.45) is 5.81. The van der Waals surface area contributed by atoms with Crippen LogP contribution in [0.3, 0.4) is 0 Å². The molecule has 0 saturated heterocycles. The molecule has 13 heteroatoms. The molecule has 0 atom stereocenters. The Labute approximate surface area is 275 Å². The molecule has 0 spiro atoms. The minimum Gasteiger partial charge on any atom is -0.439 e. The van der Waals surface area contributed by atoms with Gasteiger partial charge in [-0.2, -0.15) is 0 Å². The van der Waals surface area contributed by atoms with E-state index >= 15 is 0 Å². The third-order valence-electron chi connectivity index (χ3n) is 7.66. The van der Waals surface area contributed by atoms with E-state index in [1.54, 1.807) is 12.1 Å². The van der Waals surface area contributed by atoms with E-state index in [2.05, 4.69) is 43.8 Å². The van der Waals surface area contributed by atoms with Crippen molar-refractivity contribution in [1.29, 1.82) is 0 Å². The average Bonchev–Trinajstić information content (AvgIpc) is 3.04. The monoisotopic (exact) mass is 662 g/mol. The summed E-state index contributed by atoms with van der Waals surface area (Å²) < 4.78 is 17.3. The van der Waals surface area contributed by atoms with Crippen molar-refractivity contribution >= 4 is 19.7 Å². The molecule has 47 heavy (non-hydrogen) atoms. The Bertz CT molecular complexity index is 1560. The van der Waals surface area contributed by atoms with Gasteiger partial charge >= 0.3 is 0 Å². The van der Waals surface area contributed by atoms with Crippen LogP contribution in [0.5, 0.6) is 23.3 Å². The Kier molecular flexibility index (Phi) is 13.5. The number of benzene rings is 2. The van der Waals surface area contributed by atoms with Crippen molar-refractivity contribution in [3.8, 4) is 23.3 Å². The minimum absolute atomic E-state index is 0.0578. The smallest absolute Gasteiger partial charge is 0.287 e. The Morgan fingerprint density at radius 3 is 1.47 bits per heavy atom. The third-order valence-corrected chi connectivity index (χ3v) is 12.2. The van der Waals surface area contributed by atoms with Crippen molar-refractivity contribution in [1.82, 2.24) is 9.97 Å². The Balaban J connectivity index is 0.000000267. The summed E-state index contributed by atoms with van der Waals surface area (Å²) in [5.41, 5.74) is 2.20. The summed E-state index contributed by atoms with van der Waals surface area (Å²) in [5.74, 6) is 1.89. The van der Waals surface area contributed by atoms with Crippen molar-refractivity contribution in [3.05, 3.63) is 117 Å². The van der Waals surface area contributed by atoms with E-state index < -0.39 is 18.2 Å². The molecule has 2 aromatic carbocycles. The van der Waals surface area contributed by atoms with Gasteiger partial charge in [-0.05, 0) is 79.2 Å². The summed E-state index contributed by atoms with van der Waals surface area (Å²) in [5, 5.41) is 30.1. The highest BCUT2D eigenvalue weighted by molar-refractivity contribution is 6.74. The number of pyridine rings is 2. The average molecular weight is 663 g/mol. The van der Waals surface area contributed by atoms with Crippen LogP contribution in [-0.4, -0.2) is 46.5 Å². The summed E-state index contributed by atoms with van der Waals surface area (Å²) in [4.78, 5) is 28.0. The van der Waals surface area contributed by atoms with Crippen LogP contribution in [0.25, 0.3) is 0 Å². The first-order chi connectivity index (χ1) is 22.3. The zero-order valence-corrected chi connectivity index (χ0v) is 28.4. The van der Waals surface area contributed by atoms with Crippen LogP contribution in [0.1, 0.15) is 44.7 Å². The molecule has 0 aliphatic heterocycles. The van der Waals surface area contributed by atoms with Gasteiger partial charge in [-0.15, -0.1) is 0 Å². The lowest BCUT2D eigenvalue weighted by molar-refractivity contribution is -0.385. The second kappa shape index (κ2) is 17.3. The molecule has 0 saturated carbocycles. The molecular formula is C34H42N4O8Si. The third kappa shape index (κ3) is 12.2. The van der Waals surface area contributed by atoms with Crippen LogP contribution < -0.4 is 9.47 Å². The number of aromatic nitrogens is 2. The summed E-state index contributed by atoms with van der Waals surface area (Å²) in [6, 6.07) is 20.9. The molecule has 0 bridgehead atoms. The van der Waals surface area contributed by atoms with Crippen molar-refractivity contribution in [2.24, 2.45) is 0 Å². The maximum atomic E-state index is 10.6. The SMILES string of the molecule is CC(C)(C)[Si](C)(C)OCCCc1ccc(Oc2ccc([N+](=O)[O-])cn2)cc1.O=[N+]([O-])c1ccc(Oc2ccc(CCCO)cc2)nc1. The number of ether oxygens (including phenoxy) is 2. The molecule has 0 radical (unpaired) electrons. The zero-order chi connectivity index (χ0) is 34.5. The number of aryl methyl sites for hydroxylation is 2. The van der Waals surface area contributed by atoms with Crippen LogP contribution in [0.4, 0.5) is 11.4 Å². The van der Waals surface area contributed by atoms with Gasteiger partial charge in [0.05, 0.1) is 9.85 Å². The molecule has 0 fully saturated rings. The lowest BCUT2D eigenvalue weighted by Gasteiger charge is -2.36. The van der Waals surface area contributed by atoms with Crippen molar-refractivity contribution < 1.29 is 28.9 Å². The normalized spacial score (nSPS) is 11.3. The highest BCUT2D eigenvalue weighted by atomic mass is 28.4. The van der Waals surface area contributed by atoms with E-state index in [9.17, 15) is 20.2 Å². The topological polar surface area (TPSA) is 160 Å². The highest BCUT2D eigenvalue weighted by Gasteiger charge is 2.36. The standard InChI is InChI=1S/C20H28N2O4Si.C14H14N2O4/c1-20(2,3)27(4,5)25-14-6-7-16-8-11-18(12-9-16)26-19-13-10-17(15-21-19)22(23)24;17-9-1-2-11-3-6-13(7-4-11)20-14-8-5-12(10-15-14)16(18)19/h8-13,15H,6-7,14H2,1-5H3;3-8,10,17H,1-2,9H2. The summed E-state index contributed by atoms with van der Waals surface area (Å²) >= 11 is 0. The number of hydrogen-bond acceptors (Lipinski definition) is 10. The Morgan fingerprint density at radius 1 is 0.702 bits per heavy atom. The van der Waals surface area contributed by atoms with Crippen LogP contribution in [0, 0.1) is 20.2 Å². The number of rotatable bonds is 14. The second-order valence-electron chi connectivity index (χ2n) is 12.3. The first-order valence-electron chi connectivity index (χ1n) is 15.3. The number of nitro groups is 2. The second-order valence-corrected chi connectivity index (χ2v) is 17.1. The van der Waals surface area contributed by atoms with Gasteiger partial charge in [-0.1, -0.05) is 45.0 Å². The van der Waals surface area contributed by atoms with Gasteiger partial charge < -0.3 is 19.0 Å². The number of hydrogen-bond donors (Lipinski definition) is 1. The molecule has 0 aliphatic carbocycles. The molecule has 4 aromatic rings. The highest BCUT2D eigenvalue weighted by Crippen LogP contribution is 2.36. The van der Waals surface area contributed by atoms with Crippen LogP contribution in [-0.2, 0) is 17.3 Å². The molecule has 250 valence electrons. The quantitative estimate of drug-likeness (QED) is 0.0600. The van der Waals surface area contributed by atoms with E-state index in [0.29, 0.717) is 23.3 Å². The van der Waals surface area contributed by atoms with Gasteiger partial charge in [0.25, 0.3) is 11.4 Å². The van der Waals surface area contributed by atoms with Gasteiger partial charge in [0.15, 0.2) is 8.32 Å². The van der Waals surface area contributed by atoms with Crippen LogP contribution in [0.15, 0.2) is 85.2 Å². The molecule has 2 aromatic heterocycles. The molecule has 0 amide bonds. The lowest BCUT2D eigenvalue weighted by Crippen LogP contribution is -2.41. The molecule has 12 nitrogen and oxygen atoms in total. The van der Waals surface area contributed by atoms with Crippen molar-refractivity contribution in [2.45, 2.75) is 64.6 Å². The Morgan fingerprint density at radius 2 is 1.13 bits per heavy atom. The van der Waals surface area contributed by atoms with Gasteiger partial charge in [-0.3, -0.25) is 20.2 Å². The maximum absolute atomic E-state index is 10.6. The number of aliphatic hydroxyl groups is 1. The molecule has 4 rings (SSSR count). The minimum atomic E-state index is -1.68. The van der Waals surface area contributed by atoms with Crippen molar-refractivity contribution in [2.75, 3.05) is 13.2 Å². The fraction of sp³-hybridized carbons (Fsp3) is 0.353. The largest absolute Gasteiger partial charge is 0.439 e. The van der Waals surface area contributed by atoms with Crippen molar-refractivity contribution in [3.63, 3.8) is 0 Å². The van der Waals surface area contributed by atoms with Crippen LogP contribution >= 0.6 is 0 Å². The first kappa shape index (κ1) is 36.7. The van der Waals surface area contributed by atoms with Crippen LogP contribution in [0.2, 0.25) is 18.1 Å². The summed E-state index contributed by atoms with van der Waals surface area (Å²) in [6.45, 7) is 12.2. The molecule has 2 heterocycles. The van der Waals surface area contributed by atoms with E-state index in [4.69, 9.17) is 19.0 Å². The lowest BCUT2D eigenvalue weighted by atomic mass is 10.1. The number of nitrogens with zero attached hydrogens (tertiary/aromatic N) is 4. The Hall–Kier alpha value is -4.72. The molecule has 0 aliphatic rings. The van der Waals surface area contributed by atoms with E-state index in [1.807, 2.05) is 36.4 Å². The van der Waals surface area contributed by atoms with Gasteiger partial charge in [0.1, 0.15) is 23.9 Å². The molecule has 0 unspecified atom stereocenters. The predicted octanol–water partition coefficient (Wildman–Crippen LogP) is 8.44. The van der Waals surface area contributed by atoms with Gasteiger partial charge in [-0.25, -0.2) is 9.97 Å². The zero-order valence-electron chi connectivity index (χ0n) is 27.4.